The summed E-state index contributed by atoms with van der Waals surface area (Å²) < 4.78 is 85.1. The van der Waals surface area contributed by atoms with Crippen LogP contribution in [0.25, 0.3) is 28.7 Å². The van der Waals surface area contributed by atoms with Gasteiger partial charge in [-0.05, 0) is 36.8 Å². The highest BCUT2D eigenvalue weighted by molar-refractivity contribution is 5.80. The number of benzene rings is 1. The Hall–Kier alpha value is -4.27. The van der Waals surface area contributed by atoms with Crippen LogP contribution in [0.4, 0.5) is 26.3 Å². The van der Waals surface area contributed by atoms with E-state index in [1.807, 2.05) is 0 Å². The molecule has 3 heterocycles. The topological polar surface area (TPSA) is 125 Å². The van der Waals surface area contributed by atoms with Crippen LogP contribution in [0.5, 0.6) is 0 Å². The monoisotopic (exact) mass is 525 g/mol. The van der Waals surface area contributed by atoms with Gasteiger partial charge in [-0.3, -0.25) is 9.78 Å². The van der Waals surface area contributed by atoms with Gasteiger partial charge < -0.3 is 15.5 Å². The average Bonchev–Trinajstić information content (AvgIpc) is 3.50. The van der Waals surface area contributed by atoms with Gasteiger partial charge in [-0.15, -0.1) is 10.2 Å². The van der Waals surface area contributed by atoms with Crippen molar-refractivity contribution < 1.29 is 35.6 Å². The normalized spacial score (nSPS) is 13.0. The van der Waals surface area contributed by atoms with Crippen molar-refractivity contribution in [2.24, 2.45) is 5.73 Å². The van der Waals surface area contributed by atoms with Crippen LogP contribution < -0.4 is 11.1 Å². The number of nitrogens with zero attached hydrogens (tertiary/aromatic N) is 5. The number of amides is 1. The van der Waals surface area contributed by atoms with Gasteiger partial charge in [0.2, 0.25) is 11.8 Å². The molecular formula is C22H17F6N7O2. The third kappa shape index (κ3) is 5.77. The third-order valence-corrected chi connectivity index (χ3v) is 4.98. The SMILES string of the molecule is C[C@H](N)C(=O)NCc1cccc(-n2nc(C(F)(F)F)cc2-c2nnc(-c3ccc(C(F)(F)F)nc3)o2)c1. The number of nitrogens with two attached hydrogens (primary N) is 1. The molecule has 194 valence electrons. The van der Waals surface area contributed by atoms with E-state index in [0.717, 1.165) is 16.9 Å². The first-order valence-corrected chi connectivity index (χ1v) is 10.5. The van der Waals surface area contributed by atoms with Crippen molar-refractivity contribution in [2.45, 2.75) is 31.9 Å². The summed E-state index contributed by atoms with van der Waals surface area (Å²) in [6.07, 6.45) is -8.60. The second-order valence-electron chi connectivity index (χ2n) is 7.84. The molecule has 37 heavy (non-hydrogen) atoms. The van der Waals surface area contributed by atoms with Crippen molar-refractivity contribution in [1.29, 1.82) is 0 Å². The second kappa shape index (κ2) is 9.65. The molecule has 0 saturated heterocycles. The first kappa shape index (κ1) is 25.8. The Bertz CT molecular complexity index is 1410. The molecular weight excluding hydrogens is 508 g/mol. The molecule has 0 aliphatic heterocycles. The highest BCUT2D eigenvalue weighted by Crippen LogP contribution is 2.34. The standard InChI is InChI=1S/C22H17F6N7O2/c1-11(29)18(36)31-9-12-3-2-4-14(7-12)35-15(8-17(34-35)22(26,27)28)20-33-32-19(37-20)13-5-6-16(30-10-13)21(23,24)25/h2-8,10-11H,9,29H2,1H3,(H,31,36)/t11-/m0/s1. The Balaban J connectivity index is 1.70. The fourth-order valence-corrected chi connectivity index (χ4v) is 3.15. The van der Waals surface area contributed by atoms with Gasteiger partial charge in [-0.2, -0.15) is 31.4 Å². The second-order valence-corrected chi connectivity index (χ2v) is 7.84. The average molecular weight is 525 g/mol. The van der Waals surface area contributed by atoms with Crippen molar-refractivity contribution >= 4 is 5.91 Å². The lowest BCUT2D eigenvalue weighted by Crippen LogP contribution is -2.37. The summed E-state index contributed by atoms with van der Waals surface area (Å²) in [6.45, 7) is 1.56. The summed E-state index contributed by atoms with van der Waals surface area (Å²) in [5, 5.41) is 13.7. The van der Waals surface area contributed by atoms with Crippen LogP contribution in [0.15, 0.2) is 53.1 Å². The number of halogens is 6. The Labute approximate surface area is 204 Å². The fraction of sp³-hybridized carbons (Fsp3) is 0.227. The molecule has 0 fully saturated rings. The highest BCUT2D eigenvalue weighted by atomic mass is 19.4. The lowest BCUT2D eigenvalue weighted by atomic mass is 10.2. The summed E-state index contributed by atoms with van der Waals surface area (Å²) in [7, 11) is 0. The van der Waals surface area contributed by atoms with Gasteiger partial charge in [0.15, 0.2) is 5.69 Å². The molecule has 0 saturated carbocycles. The zero-order valence-electron chi connectivity index (χ0n) is 18.8. The van der Waals surface area contributed by atoms with Crippen molar-refractivity contribution in [3.63, 3.8) is 0 Å². The van der Waals surface area contributed by atoms with E-state index < -0.39 is 35.7 Å². The molecule has 1 aromatic carbocycles. The van der Waals surface area contributed by atoms with Gasteiger partial charge in [0.05, 0.1) is 17.3 Å². The minimum Gasteiger partial charge on any atom is -0.415 e. The minimum absolute atomic E-state index is 0.0285. The zero-order valence-corrected chi connectivity index (χ0v) is 18.8. The van der Waals surface area contributed by atoms with Crippen LogP contribution in [0.3, 0.4) is 0 Å². The molecule has 0 bridgehead atoms. The molecule has 0 aliphatic rings. The van der Waals surface area contributed by atoms with Crippen molar-refractivity contribution in [3.05, 3.63) is 65.6 Å². The highest BCUT2D eigenvalue weighted by Gasteiger charge is 2.36. The van der Waals surface area contributed by atoms with Gasteiger partial charge in [-0.25, -0.2) is 4.68 Å². The van der Waals surface area contributed by atoms with Crippen molar-refractivity contribution in [2.75, 3.05) is 0 Å². The maximum atomic E-state index is 13.5. The van der Waals surface area contributed by atoms with Gasteiger partial charge in [0, 0.05) is 18.8 Å². The van der Waals surface area contributed by atoms with Gasteiger partial charge >= 0.3 is 12.4 Å². The third-order valence-electron chi connectivity index (χ3n) is 4.98. The number of alkyl halides is 6. The van der Waals surface area contributed by atoms with Crippen LogP contribution >= 0.6 is 0 Å². The quantitative estimate of drug-likeness (QED) is 0.365. The Morgan fingerprint density at radius 2 is 1.73 bits per heavy atom. The summed E-state index contributed by atoms with van der Waals surface area (Å²) >= 11 is 0. The number of hydrogen-bond acceptors (Lipinski definition) is 7. The maximum absolute atomic E-state index is 13.5. The maximum Gasteiger partial charge on any atom is 0.435 e. The predicted octanol–water partition coefficient (Wildman–Crippen LogP) is 3.99. The number of carbonyl (C=O) groups is 1. The summed E-state index contributed by atoms with van der Waals surface area (Å²) in [5.41, 5.74) is 3.67. The molecule has 0 unspecified atom stereocenters. The molecule has 0 aliphatic carbocycles. The molecule has 3 N–H and O–H groups in total. The molecule has 3 aromatic heterocycles. The molecule has 4 aromatic rings. The molecule has 1 amide bonds. The van der Waals surface area contributed by atoms with Crippen molar-refractivity contribution in [3.8, 4) is 28.7 Å². The molecule has 1 atom stereocenters. The van der Waals surface area contributed by atoms with E-state index in [4.69, 9.17) is 10.2 Å². The van der Waals surface area contributed by atoms with E-state index in [2.05, 4.69) is 25.6 Å². The van der Waals surface area contributed by atoms with Gasteiger partial charge in [-0.1, -0.05) is 12.1 Å². The van der Waals surface area contributed by atoms with Crippen LogP contribution in [0, 0.1) is 0 Å². The summed E-state index contributed by atoms with van der Waals surface area (Å²) in [6, 6.07) is 7.87. The Morgan fingerprint density at radius 1 is 1.03 bits per heavy atom. The minimum atomic E-state index is -4.80. The summed E-state index contributed by atoms with van der Waals surface area (Å²) in [5.74, 6) is -1.04. The van der Waals surface area contributed by atoms with E-state index in [-0.39, 0.29) is 35.3 Å². The Kier molecular flexibility index (Phi) is 6.73. The molecule has 9 nitrogen and oxygen atoms in total. The van der Waals surface area contributed by atoms with E-state index in [9.17, 15) is 31.1 Å². The summed E-state index contributed by atoms with van der Waals surface area (Å²) in [4.78, 5) is 15.0. The number of pyridine rings is 1. The first-order valence-electron chi connectivity index (χ1n) is 10.5. The van der Waals surface area contributed by atoms with Crippen LogP contribution in [0.2, 0.25) is 0 Å². The first-order chi connectivity index (χ1) is 17.3. The van der Waals surface area contributed by atoms with Gasteiger partial charge in [0.1, 0.15) is 11.4 Å². The Morgan fingerprint density at radius 3 is 2.35 bits per heavy atom. The van der Waals surface area contributed by atoms with Crippen LogP contribution in [-0.2, 0) is 23.7 Å². The molecule has 4 rings (SSSR count). The van der Waals surface area contributed by atoms with Crippen LogP contribution in [-0.4, -0.2) is 36.9 Å². The smallest absolute Gasteiger partial charge is 0.415 e. The lowest BCUT2D eigenvalue weighted by Gasteiger charge is -2.10. The fourth-order valence-electron chi connectivity index (χ4n) is 3.15. The predicted molar refractivity (Wildman–Crippen MR) is 116 cm³/mol. The molecule has 15 heteroatoms. The van der Waals surface area contributed by atoms with Crippen molar-refractivity contribution in [1.82, 2.24) is 30.3 Å². The number of rotatable bonds is 6. The largest absolute Gasteiger partial charge is 0.435 e. The number of aromatic nitrogens is 5. The van der Waals surface area contributed by atoms with E-state index in [1.165, 1.54) is 19.1 Å². The van der Waals surface area contributed by atoms with E-state index >= 15 is 0 Å². The number of carbonyl (C=O) groups excluding carboxylic acids is 1. The molecule has 0 radical (unpaired) electrons. The van der Waals surface area contributed by atoms with Gasteiger partial charge in [0.25, 0.3) is 5.89 Å². The number of nitrogens with one attached hydrogen (secondary N) is 1. The number of hydrogen-bond donors (Lipinski definition) is 2. The van der Waals surface area contributed by atoms with Crippen LogP contribution in [0.1, 0.15) is 23.9 Å². The van der Waals surface area contributed by atoms with E-state index in [0.29, 0.717) is 17.7 Å². The zero-order chi connectivity index (χ0) is 27.0. The van der Waals surface area contributed by atoms with E-state index in [1.54, 1.807) is 12.1 Å². The lowest BCUT2D eigenvalue weighted by molar-refractivity contribution is -0.142. The molecule has 0 spiro atoms.